The van der Waals surface area contributed by atoms with Crippen LogP contribution < -0.4 is 0 Å². The van der Waals surface area contributed by atoms with Crippen molar-refractivity contribution in [2.24, 2.45) is 0 Å². The van der Waals surface area contributed by atoms with Crippen LogP contribution in [0.25, 0.3) is 0 Å². The van der Waals surface area contributed by atoms with Crippen LogP contribution in [0, 0.1) is 0 Å². The molecule has 10 heavy (non-hydrogen) atoms. The molecular formula is C7H9ClO2. The monoisotopic (exact) mass is 160 g/mol. The number of hydrogen-bond donors (Lipinski definition) is 1. The van der Waals surface area contributed by atoms with Gasteiger partial charge in [0, 0.05) is 5.03 Å². The maximum Gasteiger partial charge on any atom is 0.333 e. The highest BCUT2D eigenvalue weighted by Gasteiger charge is 2.06. The third-order valence-electron chi connectivity index (χ3n) is 1.02. The van der Waals surface area contributed by atoms with Crippen LogP contribution in [0.2, 0.25) is 0 Å². The van der Waals surface area contributed by atoms with E-state index in [0.717, 1.165) is 0 Å². The summed E-state index contributed by atoms with van der Waals surface area (Å²) in [6.07, 6.45) is 1.82. The fourth-order valence-corrected chi connectivity index (χ4v) is 0.678. The van der Waals surface area contributed by atoms with E-state index in [0.29, 0.717) is 11.5 Å². The van der Waals surface area contributed by atoms with Crippen LogP contribution >= 0.6 is 11.6 Å². The summed E-state index contributed by atoms with van der Waals surface area (Å²) >= 11 is 5.47. The molecule has 3 heteroatoms. The smallest absolute Gasteiger partial charge is 0.333 e. The summed E-state index contributed by atoms with van der Waals surface area (Å²) in [4.78, 5) is 10.3. The van der Waals surface area contributed by atoms with Gasteiger partial charge in [0.2, 0.25) is 0 Å². The van der Waals surface area contributed by atoms with E-state index in [2.05, 4.69) is 6.58 Å². The largest absolute Gasteiger partial charge is 0.478 e. The Balaban J connectivity index is 4.42. The van der Waals surface area contributed by atoms with Crippen LogP contribution in [-0.2, 0) is 4.79 Å². The van der Waals surface area contributed by atoms with Gasteiger partial charge in [0.25, 0.3) is 0 Å². The molecule has 0 atom stereocenters. The molecule has 0 saturated heterocycles. The molecule has 0 spiro atoms. The molecule has 0 rings (SSSR count). The molecule has 1 N–H and O–H groups in total. The van der Waals surface area contributed by atoms with Gasteiger partial charge in [-0.15, -0.1) is 6.58 Å². The molecule has 0 aromatic heterocycles. The highest BCUT2D eigenvalue weighted by molar-refractivity contribution is 6.31. The normalized spacial score (nSPS) is 12.2. The van der Waals surface area contributed by atoms with Crippen LogP contribution in [0.1, 0.15) is 13.3 Å². The second-order valence-corrected chi connectivity index (χ2v) is 2.38. The van der Waals surface area contributed by atoms with E-state index in [1.54, 1.807) is 6.92 Å². The summed E-state index contributed by atoms with van der Waals surface area (Å²) in [5.41, 5.74) is 0.205. The van der Waals surface area contributed by atoms with Gasteiger partial charge in [-0.25, -0.2) is 4.79 Å². The molecular weight excluding hydrogens is 152 g/mol. The average Bonchev–Trinajstić information content (AvgIpc) is 1.81. The Kier molecular flexibility index (Phi) is 3.81. The van der Waals surface area contributed by atoms with Gasteiger partial charge >= 0.3 is 5.97 Å². The molecule has 0 saturated carbocycles. The van der Waals surface area contributed by atoms with Crippen molar-refractivity contribution in [3.63, 3.8) is 0 Å². The van der Waals surface area contributed by atoms with Gasteiger partial charge < -0.3 is 5.11 Å². The third-order valence-corrected chi connectivity index (χ3v) is 1.25. The van der Waals surface area contributed by atoms with E-state index in [-0.39, 0.29) is 5.57 Å². The minimum Gasteiger partial charge on any atom is -0.478 e. The number of aliphatic carboxylic acids is 1. The Labute approximate surface area is 64.8 Å². The fourth-order valence-electron chi connectivity index (χ4n) is 0.520. The first-order valence-corrected chi connectivity index (χ1v) is 3.16. The SMILES string of the molecule is C=CC/C(C(=O)O)=C(/C)Cl. The zero-order chi connectivity index (χ0) is 8.15. The second kappa shape index (κ2) is 4.12. The number of allylic oxidation sites excluding steroid dienone is 2. The maximum absolute atomic E-state index is 10.3. The van der Waals surface area contributed by atoms with Crippen molar-refractivity contribution < 1.29 is 9.90 Å². The zero-order valence-corrected chi connectivity index (χ0v) is 6.48. The van der Waals surface area contributed by atoms with Crippen LogP contribution in [0.5, 0.6) is 0 Å². The van der Waals surface area contributed by atoms with Crippen molar-refractivity contribution in [2.45, 2.75) is 13.3 Å². The first kappa shape index (κ1) is 9.24. The molecule has 0 fully saturated rings. The van der Waals surface area contributed by atoms with Crippen LogP contribution in [0.15, 0.2) is 23.3 Å². The van der Waals surface area contributed by atoms with Gasteiger partial charge in [0.15, 0.2) is 0 Å². The molecule has 0 bridgehead atoms. The molecule has 0 aliphatic heterocycles. The molecule has 0 aliphatic rings. The number of carboxylic acids is 1. The topological polar surface area (TPSA) is 37.3 Å². The zero-order valence-electron chi connectivity index (χ0n) is 5.72. The molecule has 0 radical (unpaired) electrons. The summed E-state index contributed by atoms with van der Waals surface area (Å²) in [5, 5.41) is 8.80. The minimum atomic E-state index is -0.979. The van der Waals surface area contributed by atoms with Crippen LogP contribution in [-0.4, -0.2) is 11.1 Å². The van der Waals surface area contributed by atoms with Crippen molar-refractivity contribution in [1.29, 1.82) is 0 Å². The lowest BCUT2D eigenvalue weighted by molar-refractivity contribution is -0.132. The van der Waals surface area contributed by atoms with Gasteiger partial charge in [0.05, 0.1) is 5.57 Å². The lowest BCUT2D eigenvalue weighted by Crippen LogP contribution is -2.00. The van der Waals surface area contributed by atoms with Crippen molar-refractivity contribution in [3.05, 3.63) is 23.3 Å². The maximum atomic E-state index is 10.3. The van der Waals surface area contributed by atoms with Crippen LogP contribution in [0.4, 0.5) is 0 Å². The molecule has 0 aromatic rings. The van der Waals surface area contributed by atoms with Crippen molar-refractivity contribution in [2.75, 3.05) is 0 Å². The average molecular weight is 161 g/mol. The third kappa shape index (κ3) is 2.69. The van der Waals surface area contributed by atoms with Crippen molar-refractivity contribution in [1.82, 2.24) is 0 Å². The van der Waals surface area contributed by atoms with E-state index in [9.17, 15) is 4.79 Å². The van der Waals surface area contributed by atoms with E-state index < -0.39 is 5.97 Å². The van der Waals surface area contributed by atoms with Crippen molar-refractivity contribution in [3.8, 4) is 0 Å². The Hall–Kier alpha value is -0.760. The summed E-state index contributed by atoms with van der Waals surface area (Å²) in [6, 6.07) is 0. The second-order valence-electron chi connectivity index (χ2n) is 1.81. The molecule has 2 nitrogen and oxygen atoms in total. The van der Waals surface area contributed by atoms with E-state index in [1.165, 1.54) is 6.08 Å². The number of carbonyl (C=O) groups is 1. The van der Waals surface area contributed by atoms with Crippen molar-refractivity contribution >= 4 is 17.6 Å². The minimum absolute atomic E-state index is 0.205. The quantitative estimate of drug-likeness (QED) is 0.508. The fraction of sp³-hybridized carbons (Fsp3) is 0.286. The van der Waals surface area contributed by atoms with E-state index >= 15 is 0 Å². The molecule has 0 aliphatic carbocycles. The van der Waals surface area contributed by atoms with Gasteiger partial charge in [-0.2, -0.15) is 0 Å². The first-order valence-electron chi connectivity index (χ1n) is 2.79. The van der Waals surface area contributed by atoms with E-state index in [1.807, 2.05) is 0 Å². The Morgan fingerprint density at radius 2 is 2.30 bits per heavy atom. The summed E-state index contributed by atoms with van der Waals surface area (Å²) in [7, 11) is 0. The van der Waals surface area contributed by atoms with Gasteiger partial charge in [-0.1, -0.05) is 17.7 Å². The van der Waals surface area contributed by atoms with Crippen LogP contribution in [0.3, 0.4) is 0 Å². The Morgan fingerprint density at radius 1 is 1.80 bits per heavy atom. The van der Waals surface area contributed by atoms with Gasteiger partial charge in [0.1, 0.15) is 0 Å². The Morgan fingerprint density at radius 3 is 2.40 bits per heavy atom. The number of carboxylic acid groups (broad SMARTS) is 1. The number of halogens is 1. The van der Waals surface area contributed by atoms with E-state index in [4.69, 9.17) is 16.7 Å². The lowest BCUT2D eigenvalue weighted by Gasteiger charge is -1.97. The summed E-state index contributed by atoms with van der Waals surface area (Å²) in [6.45, 7) is 4.96. The molecule has 0 amide bonds. The number of hydrogen-bond acceptors (Lipinski definition) is 1. The predicted octanol–water partition coefficient (Wildman–Crippen LogP) is 2.16. The van der Waals surface area contributed by atoms with Gasteiger partial charge in [-0.05, 0) is 13.3 Å². The van der Waals surface area contributed by atoms with Gasteiger partial charge in [-0.3, -0.25) is 0 Å². The lowest BCUT2D eigenvalue weighted by atomic mass is 10.2. The summed E-state index contributed by atoms with van der Waals surface area (Å²) in [5.74, 6) is -0.979. The molecule has 0 unspecified atom stereocenters. The Bertz CT molecular complexity index is 178. The summed E-state index contributed by atoms with van der Waals surface area (Å²) < 4.78 is 0. The molecule has 0 aromatic carbocycles. The standard InChI is InChI=1S/C7H9ClO2/c1-3-4-6(5(2)8)7(9)10/h3H,1,4H2,2H3,(H,9,10)/b6-5+. The predicted molar refractivity (Wildman–Crippen MR) is 41.0 cm³/mol. The number of rotatable bonds is 3. The highest BCUT2D eigenvalue weighted by Crippen LogP contribution is 2.12. The first-order chi connectivity index (χ1) is 4.59. The molecule has 0 heterocycles. The highest BCUT2D eigenvalue weighted by atomic mass is 35.5. The molecule has 56 valence electrons.